The summed E-state index contributed by atoms with van der Waals surface area (Å²) in [5.74, 6) is -5.05. The fourth-order valence-electron chi connectivity index (χ4n) is 3.58. The summed E-state index contributed by atoms with van der Waals surface area (Å²) in [6.07, 6.45) is 0.577. The number of carbonyl (C=O) groups is 6. The molecule has 0 radical (unpaired) electrons. The van der Waals surface area contributed by atoms with Crippen LogP contribution in [-0.4, -0.2) is 76.2 Å². The van der Waals surface area contributed by atoms with Gasteiger partial charge in [0.25, 0.3) is 0 Å². The molecule has 13 heteroatoms. The van der Waals surface area contributed by atoms with Gasteiger partial charge >= 0.3 is 5.97 Å². The van der Waals surface area contributed by atoms with Gasteiger partial charge in [0.15, 0.2) is 0 Å². The number of hydrogen-bond donors (Lipinski definition) is 6. The number of nitrogens with zero attached hydrogens (tertiary/aromatic N) is 1. The molecule has 1 aliphatic rings. The van der Waals surface area contributed by atoms with Crippen LogP contribution in [0.15, 0.2) is 0 Å². The maximum Gasteiger partial charge on any atom is 0.326 e. The maximum atomic E-state index is 13.0. The molecule has 33 heavy (non-hydrogen) atoms. The molecule has 0 aromatic heterocycles. The Hall–Kier alpha value is -3.22. The van der Waals surface area contributed by atoms with E-state index >= 15 is 0 Å². The molecule has 5 atom stereocenters. The lowest BCUT2D eigenvalue weighted by atomic mass is 9.97. The molecule has 0 bridgehead atoms. The number of nitrogens with two attached hydrogens (primary N) is 3. The Kier molecular flexibility index (Phi) is 10.7. The van der Waals surface area contributed by atoms with Gasteiger partial charge in [0.1, 0.15) is 18.1 Å². The molecule has 0 spiro atoms. The van der Waals surface area contributed by atoms with Crippen LogP contribution in [0.4, 0.5) is 0 Å². The van der Waals surface area contributed by atoms with E-state index < -0.39 is 59.7 Å². The number of amides is 5. The molecule has 1 heterocycles. The first kappa shape index (κ1) is 27.8. The number of carboxylic acids is 1. The topological polar surface area (TPSA) is 228 Å². The zero-order chi connectivity index (χ0) is 25.3. The van der Waals surface area contributed by atoms with Crippen LogP contribution in [0, 0.1) is 5.92 Å². The van der Waals surface area contributed by atoms with Gasteiger partial charge in [-0.3, -0.25) is 24.0 Å². The highest BCUT2D eigenvalue weighted by Crippen LogP contribution is 2.20. The van der Waals surface area contributed by atoms with Gasteiger partial charge in [0.05, 0.1) is 12.5 Å². The van der Waals surface area contributed by atoms with E-state index in [1.165, 1.54) is 4.90 Å². The van der Waals surface area contributed by atoms with Crippen LogP contribution in [0.25, 0.3) is 0 Å². The minimum absolute atomic E-state index is 0.194. The number of carboxylic acid groups (broad SMARTS) is 1. The van der Waals surface area contributed by atoms with Crippen molar-refractivity contribution in [1.82, 2.24) is 15.5 Å². The molecule has 0 aromatic rings. The predicted octanol–water partition coefficient (Wildman–Crippen LogP) is -2.45. The largest absolute Gasteiger partial charge is 0.480 e. The Balaban J connectivity index is 2.94. The second-order valence-electron chi connectivity index (χ2n) is 8.24. The summed E-state index contributed by atoms with van der Waals surface area (Å²) in [5, 5.41) is 14.3. The van der Waals surface area contributed by atoms with E-state index in [1.807, 2.05) is 0 Å². The highest BCUT2D eigenvalue weighted by molar-refractivity contribution is 5.95. The molecule has 1 rings (SSSR count). The first-order valence-electron chi connectivity index (χ1n) is 10.8. The van der Waals surface area contributed by atoms with Gasteiger partial charge in [-0.05, 0) is 25.2 Å². The lowest BCUT2D eigenvalue weighted by molar-refractivity contribution is -0.143. The Morgan fingerprint density at radius 2 is 1.73 bits per heavy atom. The van der Waals surface area contributed by atoms with Crippen molar-refractivity contribution < 1.29 is 33.9 Å². The number of nitrogens with one attached hydrogen (secondary N) is 2. The number of carbonyl (C=O) groups excluding carboxylic acids is 5. The molecular weight excluding hydrogens is 436 g/mol. The Bertz CT molecular complexity index is 774. The van der Waals surface area contributed by atoms with Crippen LogP contribution in [-0.2, 0) is 28.8 Å². The molecule has 13 nitrogen and oxygen atoms in total. The zero-order valence-electron chi connectivity index (χ0n) is 18.9. The molecule has 5 amide bonds. The summed E-state index contributed by atoms with van der Waals surface area (Å²) in [6.45, 7) is 3.77. The van der Waals surface area contributed by atoms with Crippen LogP contribution in [0.1, 0.15) is 52.4 Å². The number of rotatable bonds is 13. The number of likely N-dealkylation sites (tertiary alicyclic amines) is 1. The second-order valence-corrected chi connectivity index (χ2v) is 8.24. The van der Waals surface area contributed by atoms with Crippen LogP contribution >= 0.6 is 0 Å². The van der Waals surface area contributed by atoms with E-state index in [4.69, 9.17) is 17.2 Å². The van der Waals surface area contributed by atoms with Crippen molar-refractivity contribution >= 4 is 35.5 Å². The van der Waals surface area contributed by atoms with E-state index in [2.05, 4.69) is 10.6 Å². The average Bonchev–Trinajstić information content (AvgIpc) is 3.22. The van der Waals surface area contributed by atoms with Crippen molar-refractivity contribution in [1.29, 1.82) is 0 Å². The lowest BCUT2D eigenvalue weighted by Crippen LogP contribution is -2.58. The quantitative estimate of drug-likeness (QED) is 0.169. The van der Waals surface area contributed by atoms with Gasteiger partial charge in [-0.25, -0.2) is 4.79 Å². The summed E-state index contributed by atoms with van der Waals surface area (Å²) in [7, 11) is 0. The van der Waals surface area contributed by atoms with Crippen molar-refractivity contribution in [2.24, 2.45) is 23.1 Å². The normalized spacial score (nSPS) is 19.1. The van der Waals surface area contributed by atoms with Gasteiger partial charge in [0, 0.05) is 13.0 Å². The SMILES string of the molecule is CCC(C)C(NC(=O)C1CCCN1C(=O)C(N)CC(N)=O)C(=O)NC(CCC(N)=O)C(=O)O. The Labute approximate surface area is 191 Å². The van der Waals surface area contributed by atoms with Crippen LogP contribution < -0.4 is 27.8 Å². The Morgan fingerprint density at radius 1 is 1.09 bits per heavy atom. The lowest BCUT2D eigenvalue weighted by Gasteiger charge is -2.30. The smallest absolute Gasteiger partial charge is 0.326 e. The van der Waals surface area contributed by atoms with Gasteiger partial charge in [-0.15, -0.1) is 0 Å². The van der Waals surface area contributed by atoms with Gasteiger partial charge in [0.2, 0.25) is 29.5 Å². The fraction of sp³-hybridized carbons (Fsp3) is 0.700. The summed E-state index contributed by atoms with van der Waals surface area (Å²) in [5.41, 5.74) is 15.9. The fourth-order valence-corrected chi connectivity index (χ4v) is 3.58. The number of hydrogen-bond acceptors (Lipinski definition) is 7. The molecule has 5 unspecified atom stereocenters. The monoisotopic (exact) mass is 470 g/mol. The predicted molar refractivity (Wildman–Crippen MR) is 116 cm³/mol. The van der Waals surface area contributed by atoms with E-state index in [0.29, 0.717) is 19.3 Å². The average molecular weight is 471 g/mol. The van der Waals surface area contributed by atoms with Crippen molar-refractivity contribution in [3.63, 3.8) is 0 Å². The van der Waals surface area contributed by atoms with Crippen LogP contribution in [0.3, 0.4) is 0 Å². The number of primary amides is 2. The third-order valence-electron chi connectivity index (χ3n) is 5.66. The summed E-state index contributed by atoms with van der Waals surface area (Å²) in [4.78, 5) is 73.2. The van der Waals surface area contributed by atoms with Crippen LogP contribution in [0.2, 0.25) is 0 Å². The van der Waals surface area contributed by atoms with Gasteiger partial charge < -0.3 is 37.8 Å². The van der Waals surface area contributed by atoms with E-state index in [1.54, 1.807) is 13.8 Å². The summed E-state index contributed by atoms with van der Waals surface area (Å²) >= 11 is 0. The Morgan fingerprint density at radius 3 is 2.24 bits per heavy atom. The molecular formula is C20H34N6O7. The van der Waals surface area contributed by atoms with Crippen LogP contribution in [0.5, 0.6) is 0 Å². The minimum Gasteiger partial charge on any atom is -0.480 e. The molecule has 186 valence electrons. The minimum atomic E-state index is -1.36. The molecule has 1 fully saturated rings. The highest BCUT2D eigenvalue weighted by Gasteiger charge is 2.39. The third kappa shape index (κ3) is 8.33. The van der Waals surface area contributed by atoms with Gasteiger partial charge in [-0.2, -0.15) is 0 Å². The summed E-state index contributed by atoms with van der Waals surface area (Å²) in [6, 6.07) is -4.49. The molecule has 1 aliphatic heterocycles. The molecule has 0 saturated carbocycles. The molecule has 1 saturated heterocycles. The van der Waals surface area contributed by atoms with E-state index in [-0.39, 0.29) is 31.7 Å². The molecule has 9 N–H and O–H groups in total. The molecule has 0 aromatic carbocycles. The number of aliphatic carboxylic acids is 1. The van der Waals surface area contributed by atoms with E-state index in [9.17, 15) is 33.9 Å². The summed E-state index contributed by atoms with van der Waals surface area (Å²) < 4.78 is 0. The van der Waals surface area contributed by atoms with Gasteiger partial charge in [-0.1, -0.05) is 20.3 Å². The molecule has 0 aliphatic carbocycles. The second kappa shape index (κ2) is 12.7. The zero-order valence-corrected chi connectivity index (χ0v) is 18.9. The first-order valence-corrected chi connectivity index (χ1v) is 10.8. The highest BCUT2D eigenvalue weighted by atomic mass is 16.4. The van der Waals surface area contributed by atoms with Crippen molar-refractivity contribution in [2.75, 3.05) is 6.54 Å². The van der Waals surface area contributed by atoms with Crippen molar-refractivity contribution in [3.05, 3.63) is 0 Å². The first-order chi connectivity index (χ1) is 15.4. The maximum absolute atomic E-state index is 13.0. The van der Waals surface area contributed by atoms with E-state index in [0.717, 1.165) is 0 Å². The third-order valence-corrected chi connectivity index (χ3v) is 5.66. The standard InChI is InChI=1S/C20H34N6O7/c1-3-10(2)16(18(30)24-12(20(32)33)6-7-14(22)27)25-17(29)13-5-4-8-26(13)19(31)11(21)9-15(23)28/h10-13,16H,3-9,21H2,1-2H3,(H2,22,27)(H2,23,28)(H,24,30)(H,25,29)(H,32,33). The van der Waals surface area contributed by atoms with Crippen molar-refractivity contribution in [2.45, 2.75) is 76.5 Å². The van der Waals surface area contributed by atoms with Crippen molar-refractivity contribution in [3.8, 4) is 0 Å².